The highest BCUT2D eigenvalue weighted by Crippen LogP contribution is 2.03. The van der Waals surface area contributed by atoms with Crippen LogP contribution in [0.4, 0.5) is 0 Å². The summed E-state index contributed by atoms with van der Waals surface area (Å²) in [5, 5.41) is 0. The Balaban J connectivity index is 2.31. The fourth-order valence-corrected chi connectivity index (χ4v) is 1.16. The summed E-state index contributed by atoms with van der Waals surface area (Å²) in [4.78, 5) is 18.3. The molecule has 0 aliphatic rings. The molecule has 0 unspecified atom stereocenters. The van der Waals surface area contributed by atoms with Crippen LogP contribution in [0, 0.1) is 5.92 Å². The lowest BCUT2D eigenvalue weighted by molar-refractivity contribution is -0.146. The Morgan fingerprint density at radius 2 is 2.44 bits per heavy atom. The van der Waals surface area contributed by atoms with E-state index in [0.29, 0.717) is 18.9 Å². The fraction of sp³-hybridized carbons (Fsp3) is 0.636. The van der Waals surface area contributed by atoms with E-state index in [-0.39, 0.29) is 5.97 Å². The summed E-state index contributed by atoms with van der Waals surface area (Å²) in [5.41, 5.74) is 6.48. The third-order valence-corrected chi connectivity index (χ3v) is 2.49. The summed E-state index contributed by atoms with van der Waals surface area (Å²) >= 11 is 0. The predicted octanol–water partition coefficient (Wildman–Crippen LogP) is 0.869. The smallest absolute Gasteiger partial charge is 0.323 e. The van der Waals surface area contributed by atoms with Gasteiger partial charge in [-0.3, -0.25) is 4.79 Å². The number of H-pyrrole nitrogens is 1. The predicted molar refractivity (Wildman–Crippen MR) is 60.7 cm³/mol. The maximum atomic E-state index is 11.5. The summed E-state index contributed by atoms with van der Waals surface area (Å²) in [6, 6.07) is -0.632. The standard InChI is InChI=1S/C11H19N3O2/c1-3-8(2)6-16-11(15)10(12)4-9-5-13-7-14-9/h5,7-8,10H,3-4,6,12H2,1-2H3,(H,13,14)/t8-,10+/m1/s1. The van der Waals surface area contributed by atoms with E-state index in [2.05, 4.69) is 16.9 Å². The molecule has 5 nitrogen and oxygen atoms in total. The first-order valence-electron chi connectivity index (χ1n) is 5.53. The van der Waals surface area contributed by atoms with E-state index < -0.39 is 6.04 Å². The van der Waals surface area contributed by atoms with Gasteiger partial charge < -0.3 is 15.5 Å². The van der Waals surface area contributed by atoms with E-state index >= 15 is 0 Å². The van der Waals surface area contributed by atoms with Crippen molar-refractivity contribution in [2.75, 3.05) is 6.61 Å². The zero-order chi connectivity index (χ0) is 12.0. The highest BCUT2D eigenvalue weighted by atomic mass is 16.5. The van der Waals surface area contributed by atoms with Crippen molar-refractivity contribution in [2.24, 2.45) is 11.7 Å². The van der Waals surface area contributed by atoms with Gasteiger partial charge in [-0.1, -0.05) is 20.3 Å². The molecule has 1 heterocycles. The summed E-state index contributed by atoms with van der Waals surface area (Å²) < 4.78 is 5.10. The lowest BCUT2D eigenvalue weighted by atomic mass is 10.1. The minimum Gasteiger partial charge on any atom is -0.464 e. The minimum atomic E-state index is -0.632. The Labute approximate surface area is 95.4 Å². The second kappa shape index (κ2) is 6.27. The summed E-state index contributed by atoms with van der Waals surface area (Å²) in [7, 11) is 0. The van der Waals surface area contributed by atoms with E-state index in [0.717, 1.165) is 12.1 Å². The zero-order valence-electron chi connectivity index (χ0n) is 9.77. The lowest BCUT2D eigenvalue weighted by Crippen LogP contribution is -2.35. The van der Waals surface area contributed by atoms with Crippen LogP contribution < -0.4 is 5.73 Å². The second-order valence-electron chi connectivity index (χ2n) is 4.01. The van der Waals surface area contributed by atoms with Crippen LogP contribution >= 0.6 is 0 Å². The van der Waals surface area contributed by atoms with Gasteiger partial charge in [0.05, 0.1) is 18.6 Å². The average molecular weight is 225 g/mol. The molecule has 0 saturated carbocycles. The Kier molecular flexibility index (Phi) is 4.98. The average Bonchev–Trinajstić information content (AvgIpc) is 2.77. The van der Waals surface area contributed by atoms with Crippen molar-refractivity contribution >= 4 is 5.97 Å². The van der Waals surface area contributed by atoms with Crippen molar-refractivity contribution in [3.63, 3.8) is 0 Å². The zero-order valence-corrected chi connectivity index (χ0v) is 9.77. The van der Waals surface area contributed by atoms with Gasteiger partial charge in [-0.15, -0.1) is 0 Å². The van der Waals surface area contributed by atoms with E-state index in [1.54, 1.807) is 12.5 Å². The van der Waals surface area contributed by atoms with Crippen LogP contribution in [-0.2, 0) is 16.0 Å². The van der Waals surface area contributed by atoms with Crippen molar-refractivity contribution in [3.8, 4) is 0 Å². The van der Waals surface area contributed by atoms with E-state index in [1.165, 1.54) is 0 Å². The molecule has 2 atom stereocenters. The maximum Gasteiger partial charge on any atom is 0.323 e. The van der Waals surface area contributed by atoms with Crippen molar-refractivity contribution in [3.05, 3.63) is 18.2 Å². The van der Waals surface area contributed by atoms with Crippen molar-refractivity contribution in [2.45, 2.75) is 32.7 Å². The van der Waals surface area contributed by atoms with Gasteiger partial charge in [0.2, 0.25) is 0 Å². The van der Waals surface area contributed by atoms with E-state index in [1.807, 2.05) is 6.92 Å². The van der Waals surface area contributed by atoms with Gasteiger partial charge in [0.25, 0.3) is 0 Å². The molecule has 0 saturated heterocycles. The molecule has 0 bridgehead atoms. The van der Waals surface area contributed by atoms with Gasteiger partial charge in [0, 0.05) is 12.6 Å². The van der Waals surface area contributed by atoms with Crippen LogP contribution in [-0.4, -0.2) is 28.6 Å². The number of rotatable bonds is 6. The first-order valence-corrected chi connectivity index (χ1v) is 5.53. The molecule has 0 aliphatic heterocycles. The second-order valence-corrected chi connectivity index (χ2v) is 4.01. The number of nitrogens with two attached hydrogens (primary N) is 1. The van der Waals surface area contributed by atoms with Crippen molar-refractivity contribution in [1.82, 2.24) is 9.97 Å². The third kappa shape index (κ3) is 4.02. The fourth-order valence-electron chi connectivity index (χ4n) is 1.16. The molecule has 0 spiro atoms. The quantitative estimate of drug-likeness (QED) is 0.704. The first-order chi connectivity index (χ1) is 7.63. The van der Waals surface area contributed by atoms with Crippen molar-refractivity contribution < 1.29 is 9.53 Å². The minimum absolute atomic E-state index is 0.358. The maximum absolute atomic E-state index is 11.5. The number of carbonyl (C=O) groups excluding carboxylic acids is 1. The number of imidazole rings is 1. The Bertz CT molecular complexity index is 311. The van der Waals surface area contributed by atoms with Crippen molar-refractivity contribution in [1.29, 1.82) is 0 Å². The highest BCUT2D eigenvalue weighted by Gasteiger charge is 2.17. The molecule has 3 N–H and O–H groups in total. The molecule has 0 amide bonds. The number of aromatic nitrogens is 2. The molecule has 1 rings (SSSR count). The van der Waals surface area contributed by atoms with Crippen LogP contribution in [0.25, 0.3) is 0 Å². The van der Waals surface area contributed by atoms with Gasteiger partial charge in [0.15, 0.2) is 0 Å². The molecule has 0 radical (unpaired) electrons. The molecule has 0 aliphatic carbocycles. The number of ether oxygens (including phenoxy) is 1. The normalized spacial score (nSPS) is 14.4. The van der Waals surface area contributed by atoms with Crippen LogP contribution in [0.3, 0.4) is 0 Å². The van der Waals surface area contributed by atoms with Crippen LogP contribution in [0.2, 0.25) is 0 Å². The number of hydrogen-bond acceptors (Lipinski definition) is 4. The monoisotopic (exact) mass is 225 g/mol. The van der Waals surface area contributed by atoms with Gasteiger partial charge in [-0.25, -0.2) is 4.98 Å². The van der Waals surface area contributed by atoms with Gasteiger partial charge >= 0.3 is 5.97 Å². The van der Waals surface area contributed by atoms with E-state index in [4.69, 9.17) is 10.5 Å². The summed E-state index contributed by atoms with van der Waals surface area (Å²) in [5.74, 6) is 0.0184. The van der Waals surface area contributed by atoms with Crippen LogP contribution in [0.1, 0.15) is 26.0 Å². The molecule has 0 fully saturated rings. The van der Waals surface area contributed by atoms with E-state index in [9.17, 15) is 4.79 Å². The lowest BCUT2D eigenvalue weighted by Gasteiger charge is -2.13. The SMILES string of the molecule is CC[C@@H](C)COC(=O)[C@@H](N)Cc1c[nH]cn1. The third-order valence-electron chi connectivity index (χ3n) is 2.49. The molecule has 90 valence electrons. The highest BCUT2D eigenvalue weighted by molar-refractivity contribution is 5.75. The molecule has 5 heteroatoms. The number of nitrogens with zero attached hydrogens (tertiary/aromatic N) is 1. The first kappa shape index (κ1) is 12.7. The number of hydrogen-bond donors (Lipinski definition) is 2. The summed E-state index contributed by atoms with van der Waals surface area (Å²) in [6.07, 6.45) is 4.68. The summed E-state index contributed by atoms with van der Waals surface area (Å²) in [6.45, 7) is 4.53. The van der Waals surface area contributed by atoms with Crippen LogP contribution in [0.5, 0.6) is 0 Å². The Morgan fingerprint density at radius 1 is 1.69 bits per heavy atom. The number of carbonyl (C=O) groups is 1. The number of esters is 1. The number of aromatic amines is 1. The van der Waals surface area contributed by atoms with Crippen LogP contribution in [0.15, 0.2) is 12.5 Å². The molecule has 1 aromatic heterocycles. The molecule has 16 heavy (non-hydrogen) atoms. The molecular formula is C11H19N3O2. The molecule has 0 aromatic carbocycles. The Hall–Kier alpha value is -1.36. The molecular weight excluding hydrogens is 206 g/mol. The Morgan fingerprint density at radius 3 is 3.00 bits per heavy atom. The van der Waals surface area contributed by atoms with Gasteiger partial charge in [-0.2, -0.15) is 0 Å². The van der Waals surface area contributed by atoms with Gasteiger partial charge in [-0.05, 0) is 5.92 Å². The topological polar surface area (TPSA) is 81.0 Å². The molecule has 1 aromatic rings. The largest absolute Gasteiger partial charge is 0.464 e. The number of nitrogens with one attached hydrogen (secondary N) is 1. The van der Waals surface area contributed by atoms with Gasteiger partial charge in [0.1, 0.15) is 6.04 Å².